The van der Waals surface area contributed by atoms with Crippen LogP contribution in [0.3, 0.4) is 0 Å². The summed E-state index contributed by atoms with van der Waals surface area (Å²) in [5, 5.41) is 0. The Morgan fingerprint density at radius 2 is 1.48 bits per heavy atom. The highest BCUT2D eigenvalue weighted by molar-refractivity contribution is 5.39. The SMILES string of the molecule is CCCCCc1ccc2c(c1)CCC(c1c(F)cc(C3CCC(CCCC)CC3)cc1F)C2. The molecule has 1 saturated carbocycles. The minimum Gasteiger partial charge on any atom is -0.207 e. The van der Waals surface area contributed by atoms with Crippen LogP contribution in [0.1, 0.15) is 124 Å². The Hall–Kier alpha value is -1.70. The molecule has 0 heterocycles. The second-order valence-corrected chi connectivity index (χ2v) is 10.8. The summed E-state index contributed by atoms with van der Waals surface area (Å²) >= 11 is 0. The first-order chi connectivity index (χ1) is 16.1. The summed E-state index contributed by atoms with van der Waals surface area (Å²) in [5.41, 5.74) is 5.28. The Morgan fingerprint density at radius 3 is 2.18 bits per heavy atom. The average Bonchev–Trinajstić information content (AvgIpc) is 2.83. The van der Waals surface area contributed by atoms with E-state index >= 15 is 8.78 Å². The topological polar surface area (TPSA) is 0 Å². The molecule has 0 aliphatic heterocycles. The molecule has 0 saturated heterocycles. The Bertz CT molecular complexity index is 884. The maximum atomic E-state index is 15.3. The number of fused-ring (bicyclic) bond motifs is 1. The van der Waals surface area contributed by atoms with Crippen LogP contribution in [0.4, 0.5) is 8.78 Å². The van der Waals surface area contributed by atoms with Crippen molar-refractivity contribution >= 4 is 0 Å². The van der Waals surface area contributed by atoms with Crippen LogP contribution in [0.25, 0.3) is 0 Å². The van der Waals surface area contributed by atoms with Crippen LogP contribution < -0.4 is 0 Å². The van der Waals surface area contributed by atoms with Gasteiger partial charge in [0.2, 0.25) is 0 Å². The van der Waals surface area contributed by atoms with E-state index in [1.807, 2.05) is 0 Å². The summed E-state index contributed by atoms with van der Waals surface area (Å²) in [6.45, 7) is 4.48. The van der Waals surface area contributed by atoms with Gasteiger partial charge in [-0.1, -0.05) is 64.2 Å². The predicted molar refractivity (Wildman–Crippen MR) is 135 cm³/mol. The van der Waals surface area contributed by atoms with E-state index < -0.39 is 0 Å². The molecule has 2 aliphatic rings. The Balaban J connectivity index is 1.42. The van der Waals surface area contributed by atoms with E-state index in [0.717, 1.165) is 50.0 Å². The van der Waals surface area contributed by atoms with Gasteiger partial charge in [0, 0.05) is 5.56 Å². The summed E-state index contributed by atoms with van der Waals surface area (Å²) < 4.78 is 30.5. The molecular formula is C31H42F2. The number of unbranched alkanes of at least 4 members (excludes halogenated alkanes) is 3. The van der Waals surface area contributed by atoms with Crippen molar-refractivity contribution in [1.82, 2.24) is 0 Å². The minimum absolute atomic E-state index is 0.0535. The highest BCUT2D eigenvalue weighted by Gasteiger charge is 2.28. The van der Waals surface area contributed by atoms with Crippen LogP contribution in [0, 0.1) is 17.6 Å². The molecule has 0 spiro atoms. The van der Waals surface area contributed by atoms with Crippen molar-refractivity contribution < 1.29 is 8.78 Å². The fourth-order valence-corrected chi connectivity index (χ4v) is 6.30. The summed E-state index contributed by atoms with van der Waals surface area (Å²) in [7, 11) is 0. The van der Waals surface area contributed by atoms with Crippen molar-refractivity contribution in [3.8, 4) is 0 Å². The lowest BCUT2D eigenvalue weighted by molar-refractivity contribution is 0.303. The van der Waals surface area contributed by atoms with E-state index in [4.69, 9.17) is 0 Å². The van der Waals surface area contributed by atoms with E-state index in [0.29, 0.717) is 11.5 Å². The third-order valence-corrected chi connectivity index (χ3v) is 8.36. The van der Waals surface area contributed by atoms with Gasteiger partial charge in [0.15, 0.2) is 0 Å². The van der Waals surface area contributed by atoms with Gasteiger partial charge >= 0.3 is 0 Å². The molecule has 1 fully saturated rings. The van der Waals surface area contributed by atoms with Gasteiger partial charge in [-0.05, 0) is 110 Å². The molecule has 1 atom stereocenters. The van der Waals surface area contributed by atoms with Gasteiger partial charge in [-0.3, -0.25) is 0 Å². The molecule has 0 radical (unpaired) electrons. The first kappa shape index (κ1) is 24.4. The normalized spacial score (nSPS) is 22.8. The molecular weight excluding hydrogens is 410 g/mol. The highest BCUT2D eigenvalue weighted by atomic mass is 19.1. The van der Waals surface area contributed by atoms with E-state index in [1.54, 1.807) is 12.1 Å². The maximum absolute atomic E-state index is 15.3. The number of rotatable bonds is 9. The molecule has 0 amide bonds. The lowest BCUT2D eigenvalue weighted by Crippen LogP contribution is -2.17. The van der Waals surface area contributed by atoms with Gasteiger partial charge in [0.25, 0.3) is 0 Å². The summed E-state index contributed by atoms with van der Waals surface area (Å²) in [5.74, 6) is 0.441. The van der Waals surface area contributed by atoms with Gasteiger partial charge < -0.3 is 0 Å². The van der Waals surface area contributed by atoms with Crippen LogP contribution in [-0.4, -0.2) is 0 Å². The molecule has 0 nitrogen and oxygen atoms in total. The second-order valence-electron chi connectivity index (χ2n) is 10.8. The molecule has 1 unspecified atom stereocenters. The standard InChI is InChI=1S/C31H42F2/c1-3-5-7-9-23-12-15-26-19-27(17-16-25(26)18-23)31-29(32)20-28(21-30(31)33)24-13-10-22(11-14-24)8-6-4-2/h12,15,18,20-22,24,27H,3-11,13-14,16-17,19H2,1-2H3. The van der Waals surface area contributed by atoms with Crippen molar-refractivity contribution in [2.45, 2.75) is 116 Å². The molecule has 0 N–H and O–H groups in total. The van der Waals surface area contributed by atoms with Crippen molar-refractivity contribution in [3.63, 3.8) is 0 Å². The number of benzene rings is 2. The molecule has 2 aromatic rings. The Labute approximate surface area is 200 Å². The van der Waals surface area contributed by atoms with Gasteiger partial charge in [-0.2, -0.15) is 0 Å². The van der Waals surface area contributed by atoms with Crippen molar-refractivity contribution in [2.75, 3.05) is 0 Å². The number of halogens is 2. The molecule has 4 rings (SSSR count). The first-order valence-corrected chi connectivity index (χ1v) is 13.7. The Morgan fingerprint density at radius 1 is 0.758 bits per heavy atom. The number of hydrogen-bond donors (Lipinski definition) is 0. The van der Waals surface area contributed by atoms with Crippen molar-refractivity contribution in [1.29, 1.82) is 0 Å². The third kappa shape index (κ3) is 6.06. The first-order valence-electron chi connectivity index (χ1n) is 13.7. The molecule has 0 aromatic heterocycles. The van der Waals surface area contributed by atoms with E-state index in [9.17, 15) is 0 Å². The van der Waals surface area contributed by atoms with E-state index in [2.05, 4.69) is 32.0 Å². The molecule has 33 heavy (non-hydrogen) atoms. The smallest absolute Gasteiger partial charge is 0.129 e. The van der Waals surface area contributed by atoms with Crippen LogP contribution >= 0.6 is 0 Å². The van der Waals surface area contributed by atoms with E-state index in [1.165, 1.54) is 68.1 Å². The molecule has 0 bridgehead atoms. The Kier molecular flexibility index (Phi) is 8.61. The lowest BCUT2D eigenvalue weighted by Gasteiger charge is -2.30. The second kappa shape index (κ2) is 11.6. The van der Waals surface area contributed by atoms with E-state index in [-0.39, 0.29) is 17.6 Å². The van der Waals surface area contributed by atoms with Gasteiger partial charge in [0.1, 0.15) is 11.6 Å². The number of hydrogen-bond acceptors (Lipinski definition) is 0. The highest BCUT2D eigenvalue weighted by Crippen LogP contribution is 2.41. The fraction of sp³-hybridized carbons (Fsp3) is 0.613. The fourth-order valence-electron chi connectivity index (χ4n) is 6.30. The van der Waals surface area contributed by atoms with Crippen LogP contribution in [0.2, 0.25) is 0 Å². The molecule has 2 heteroatoms. The minimum atomic E-state index is -0.317. The van der Waals surface area contributed by atoms with Crippen LogP contribution in [-0.2, 0) is 19.3 Å². The van der Waals surface area contributed by atoms with Crippen LogP contribution in [0.5, 0.6) is 0 Å². The summed E-state index contributed by atoms with van der Waals surface area (Å²) in [4.78, 5) is 0. The van der Waals surface area contributed by atoms with Crippen molar-refractivity contribution in [2.24, 2.45) is 5.92 Å². The molecule has 2 aliphatic carbocycles. The van der Waals surface area contributed by atoms with Crippen molar-refractivity contribution in [3.05, 3.63) is 69.8 Å². The van der Waals surface area contributed by atoms with Crippen LogP contribution in [0.15, 0.2) is 30.3 Å². The quantitative estimate of drug-likeness (QED) is 0.332. The predicted octanol–water partition coefficient (Wildman–Crippen LogP) is 9.43. The maximum Gasteiger partial charge on any atom is 0.129 e. The molecule has 2 aromatic carbocycles. The zero-order chi connectivity index (χ0) is 23.2. The van der Waals surface area contributed by atoms with Gasteiger partial charge in [0.05, 0.1) is 0 Å². The largest absolute Gasteiger partial charge is 0.207 e. The summed E-state index contributed by atoms with van der Waals surface area (Å²) in [6.07, 6.45) is 15.8. The summed E-state index contributed by atoms with van der Waals surface area (Å²) in [6, 6.07) is 10.1. The monoisotopic (exact) mass is 452 g/mol. The average molecular weight is 453 g/mol. The van der Waals surface area contributed by atoms with Gasteiger partial charge in [-0.25, -0.2) is 8.78 Å². The zero-order valence-corrected chi connectivity index (χ0v) is 20.8. The lowest BCUT2D eigenvalue weighted by atomic mass is 9.75. The molecule has 180 valence electrons. The zero-order valence-electron chi connectivity index (χ0n) is 20.8. The van der Waals surface area contributed by atoms with Gasteiger partial charge in [-0.15, -0.1) is 0 Å². The third-order valence-electron chi connectivity index (χ3n) is 8.36. The number of aryl methyl sites for hydroxylation is 2.